The largest absolute Gasteiger partial charge is 0.347 e. The molecule has 4 nitrogen and oxygen atoms in total. The predicted octanol–water partition coefficient (Wildman–Crippen LogP) is 3.28. The van der Waals surface area contributed by atoms with Gasteiger partial charge in [0.1, 0.15) is 0 Å². The molecule has 0 spiro atoms. The molecule has 0 bridgehead atoms. The maximum atomic E-state index is 12.2. The second kappa shape index (κ2) is 7.07. The number of rotatable bonds is 4. The summed E-state index contributed by atoms with van der Waals surface area (Å²) in [6.07, 6.45) is 3.99. The van der Waals surface area contributed by atoms with Gasteiger partial charge in [0.15, 0.2) is 0 Å². The molecule has 2 N–H and O–H groups in total. The van der Waals surface area contributed by atoms with Crippen LogP contribution in [0.1, 0.15) is 45.0 Å². The summed E-state index contributed by atoms with van der Waals surface area (Å²) >= 11 is 2.87. The fourth-order valence-electron chi connectivity index (χ4n) is 2.77. The Morgan fingerprint density at radius 2 is 1.32 bits per heavy atom. The first-order valence-corrected chi connectivity index (χ1v) is 9.19. The first-order valence-electron chi connectivity index (χ1n) is 7.43. The Labute approximate surface area is 137 Å². The molecule has 2 aromatic heterocycles. The zero-order chi connectivity index (χ0) is 15.4. The average Bonchev–Trinajstić information content (AvgIpc) is 3.23. The molecule has 0 saturated heterocycles. The van der Waals surface area contributed by atoms with Crippen LogP contribution >= 0.6 is 22.7 Å². The van der Waals surface area contributed by atoms with E-state index in [1.807, 2.05) is 35.0 Å². The second-order valence-corrected chi connectivity index (χ2v) is 7.29. The van der Waals surface area contributed by atoms with Crippen molar-refractivity contribution in [1.82, 2.24) is 10.6 Å². The smallest absolute Gasteiger partial charge is 0.261 e. The zero-order valence-corrected chi connectivity index (χ0v) is 13.7. The maximum absolute atomic E-state index is 12.2. The highest BCUT2D eigenvalue weighted by molar-refractivity contribution is 7.12. The van der Waals surface area contributed by atoms with Gasteiger partial charge in [0.05, 0.1) is 9.75 Å². The summed E-state index contributed by atoms with van der Waals surface area (Å²) in [5, 5.41) is 9.95. The summed E-state index contributed by atoms with van der Waals surface area (Å²) in [6.45, 7) is 0. The van der Waals surface area contributed by atoms with Gasteiger partial charge >= 0.3 is 0 Å². The third kappa shape index (κ3) is 3.56. The van der Waals surface area contributed by atoms with Crippen molar-refractivity contribution in [3.63, 3.8) is 0 Å². The quantitative estimate of drug-likeness (QED) is 0.901. The molecule has 6 heteroatoms. The lowest BCUT2D eigenvalue weighted by Crippen LogP contribution is -2.53. The molecule has 3 rings (SSSR count). The summed E-state index contributed by atoms with van der Waals surface area (Å²) in [6, 6.07) is 7.40. The molecule has 0 radical (unpaired) electrons. The number of thiophene rings is 2. The van der Waals surface area contributed by atoms with E-state index in [4.69, 9.17) is 0 Å². The molecule has 1 aliphatic rings. The Morgan fingerprint density at radius 3 is 1.68 bits per heavy atom. The van der Waals surface area contributed by atoms with Crippen molar-refractivity contribution in [3.05, 3.63) is 44.8 Å². The number of nitrogens with one attached hydrogen (secondary N) is 2. The van der Waals surface area contributed by atoms with E-state index in [0.717, 1.165) is 25.7 Å². The molecule has 2 heterocycles. The second-order valence-electron chi connectivity index (χ2n) is 5.40. The third-order valence-corrected chi connectivity index (χ3v) is 5.63. The summed E-state index contributed by atoms with van der Waals surface area (Å²) in [7, 11) is 0. The van der Waals surface area contributed by atoms with E-state index in [0.29, 0.717) is 9.75 Å². The van der Waals surface area contributed by atoms with Gasteiger partial charge in [0.2, 0.25) is 0 Å². The number of hydrogen-bond donors (Lipinski definition) is 2. The Morgan fingerprint density at radius 1 is 0.864 bits per heavy atom. The van der Waals surface area contributed by atoms with Crippen LogP contribution < -0.4 is 10.6 Å². The van der Waals surface area contributed by atoms with Crippen molar-refractivity contribution in [2.24, 2.45) is 0 Å². The molecule has 2 aromatic rings. The lowest BCUT2D eigenvalue weighted by Gasteiger charge is -2.32. The van der Waals surface area contributed by atoms with E-state index in [1.54, 1.807) is 0 Å². The Kier molecular flexibility index (Phi) is 4.90. The van der Waals surface area contributed by atoms with Gasteiger partial charge < -0.3 is 10.6 Å². The molecule has 0 aliphatic heterocycles. The lowest BCUT2D eigenvalue weighted by molar-refractivity contribution is 0.0867. The van der Waals surface area contributed by atoms with Crippen LogP contribution in [0.4, 0.5) is 0 Å². The minimum absolute atomic E-state index is 0.00672. The van der Waals surface area contributed by atoms with Crippen LogP contribution in [0.3, 0.4) is 0 Å². The predicted molar refractivity (Wildman–Crippen MR) is 89.6 cm³/mol. The van der Waals surface area contributed by atoms with Gasteiger partial charge in [-0.1, -0.05) is 25.0 Å². The maximum Gasteiger partial charge on any atom is 0.261 e. The molecule has 0 aromatic carbocycles. The van der Waals surface area contributed by atoms with Gasteiger partial charge in [0, 0.05) is 12.1 Å². The molecular weight excluding hydrogens is 316 g/mol. The van der Waals surface area contributed by atoms with Crippen LogP contribution in [0, 0.1) is 0 Å². The Hall–Kier alpha value is -1.66. The molecule has 1 fully saturated rings. The van der Waals surface area contributed by atoms with Gasteiger partial charge in [0.25, 0.3) is 11.8 Å². The third-order valence-electron chi connectivity index (χ3n) is 3.89. The molecule has 2 atom stereocenters. The molecule has 22 heavy (non-hydrogen) atoms. The molecular formula is C16H18N2O2S2. The topological polar surface area (TPSA) is 58.2 Å². The minimum atomic E-state index is -0.0442. The Balaban J connectivity index is 1.63. The van der Waals surface area contributed by atoms with E-state index in [9.17, 15) is 9.59 Å². The van der Waals surface area contributed by atoms with Gasteiger partial charge in [-0.15, -0.1) is 22.7 Å². The van der Waals surface area contributed by atoms with Crippen LogP contribution in [-0.4, -0.2) is 23.9 Å². The molecule has 2 amide bonds. The van der Waals surface area contributed by atoms with Crippen LogP contribution in [-0.2, 0) is 0 Å². The van der Waals surface area contributed by atoms with Crippen molar-refractivity contribution in [3.8, 4) is 0 Å². The summed E-state index contributed by atoms with van der Waals surface area (Å²) < 4.78 is 0. The van der Waals surface area contributed by atoms with E-state index < -0.39 is 0 Å². The SMILES string of the molecule is O=C(N[C@@H]1CCCC[C@H]1NC(=O)c1cccs1)c1cccs1. The van der Waals surface area contributed by atoms with E-state index in [-0.39, 0.29) is 23.9 Å². The lowest BCUT2D eigenvalue weighted by atomic mass is 9.90. The highest BCUT2D eigenvalue weighted by Crippen LogP contribution is 2.21. The highest BCUT2D eigenvalue weighted by atomic mass is 32.1. The zero-order valence-electron chi connectivity index (χ0n) is 12.1. The fraction of sp³-hybridized carbons (Fsp3) is 0.375. The summed E-state index contributed by atoms with van der Waals surface area (Å²) in [5.41, 5.74) is 0. The minimum Gasteiger partial charge on any atom is -0.347 e. The summed E-state index contributed by atoms with van der Waals surface area (Å²) in [4.78, 5) is 25.9. The van der Waals surface area contributed by atoms with Crippen molar-refractivity contribution in [1.29, 1.82) is 0 Å². The standard InChI is InChI=1S/C16H18N2O2S2/c19-15(13-7-3-9-21-13)17-11-5-1-2-6-12(11)18-16(20)14-8-4-10-22-14/h3-4,7-12H,1-2,5-6H2,(H,17,19)(H,18,20)/t11-,12-/m1/s1. The van der Waals surface area contributed by atoms with E-state index >= 15 is 0 Å². The first-order chi connectivity index (χ1) is 10.7. The van der Waals surface area contributed by atoms with Crippen molar-refractivity contribution < 1.29 is 9.59 Å². The fourth-order valence-corrected chi connectivity index (χ4v) is 4.02. The monoisotopic (exact) mass is 334 g/mol. The highest BCUT2D eigenvalue weighted by Gasteiger charge is 2.28. The average molecular weight is 334 g/mol. The van der Waals surface area contributed by atoms with Crippen LogP contribution in [0.5, 0.6) is 0 Å². The number of amides is 2. The summed E-state index contributed by atoms with van der Waals surface area (Å²) in [5.74, 6) is -0.0884. The van der Waals surface area contributed by atoms with Gasteiger partial charge in [-0.25, -0.2) is 0 Å². The van der Waals surface area contributed by atoms with Crippen molar-refractivity contribution in [2.75, 3.05) is 0 Å². The Bertz CT molecular complexity index is 566. The van der Waals surface area contributed by atoms with Crippen molar-refractivity contribution >= 4 is 34.5 Å². The number of hydrogen-bond acceptors (Lipinski definition) is 4. The van der Waals surface area contributed by atoms with E-state index in [1.165, 1.54) is 22.7 Å². The van der Waals surface area contributed by atoms with Crippen LogP contribution in [0.15, 0.2) is 35.0 Å². The molecule has 116 valence electrons. The number of carbonyl (C=O) groups excluding carboxylic acids is 2. The van der Waals surface area contributed by atoms with Gasteiger partial charge in [-0.2, -0.15) is 0 Å². The molecule has 0 unspecified atom stereocenters. The first kappa shape index (κ1) is 15.2. The number of carbonyl (C=O) groups is 2. The van der Waals surface area contributed by atoms with Crippen LogP contribution in [0.25, 0.3) is 0 Å². The van der Waals surface area contributed by atoms with Gasteiger partial charge in [-0.3, -0.25) is 9.59 Å². The molecule has 1 saturated carbocycles. The molecule has 1 aliphatic carbocycles. The van der Waals surface area contributed by atoms with E-state index in [2.05, 4.69) is 10.6 Å². The van der Waals surface area contributed by atoms with Crippen molar-refractivity contribution in [2.45, 2.75) is 37.8 Å². The normalized spacial score (nSPS) is 21.3. The van der Waals surface area contributed by atoms with Crippen LogP contribution in [0.2, 0.25) is 0 Å². The van der Waals surface area contributed by atoms with Gasteiger partial charge in [-0.05, 0) is 35.7 Å².